The SMILES string of the molecule is [3H]N1CCC(C)CC1. The standard InChI is InChI=1S/C6H13N/c1-6-2-4-7-5-3-6/h6-7H,2-5H2,1H3/i/hT. The molecule has 0 aromatic heterocycles. The lowest BCUT2D eigenvalue weighted by Gasteiger charge is -2.17. The zero-order valence-corrected chi connectivity index (χ0v) is 4.85. The first-order valence-electron chi connectivity index (χ1n) is 3.47. The van der Waals surface area contributed by atoms with Gasteiger partial charge in [0.05, 0.1) is 0 Å². The Morgan fingerprint density at radius 3 is 2.57 bits per heavy atom. The van der Waals surface area contributed by atoms with Crippen molar-refractivity contribution < 1.29 is 1.41 Å². The molecule has 1 heteroatoms. The summed E-state index contributed by atoms with van der Waals surface area (Å²) in [6.45, 7) is 4.20. The molecule has 0 aliphatic carbocycles. The molecule has 7 heavy (non-hydrogen) atoms. The van der Waals surface area contributed by atoms with E-state index < -0.39 is 0 Å². The van der Waals surface area contributed by atoms with E-state index in [9.17, 15) is 0 Å². The lowest BCUT2D eigenvalue weighted by atomic mass is 10.0. The summed E-state index contributed by atoms with van der Waals surface area (Å²) in [5.41, 5.74) is 0. The Kier molecular flexibility index (Phi) is 1.29. The molecule has 0 aromatic carbocycles. The van der Waals surface area contributed by atoms with Crippen LogP contribution in [0, 0.1) is 5.92 Å². The van der Waals surface area contributed by atoms with E-state index in [1.54, 1.807) is 5.31 Å². The average molecular weight is 101 g/mol. The minimum atomic E-state index is 0.858. The molecule has 1 aliphatic rings. The fraction of sp³-hybridized carbons (Fsp3) is 1.00. The molecule has 0 unspecified atom stereocenters. The third-order valence-corrected chi connectivity index (χ3v) is 1.56. The van der Waals surface area contributed by atoms with Crippen LogP contribution in [0.4, 0.5) is 0 Å². The lowest BCUT2D eigenvalue weighted by Crippen LogP contribution is -2.26. The van der Waals surface area contributed by atoms with Gasteiger partial charge in [0, 0.05) is 0 Å². The topological polar surface area (TPSA) is 12.0 Å². The second-order valence-electron chi connectivity index (χ2n) is 2.35. The van der Waals surface area contributed by atoms with Crippen LogP contribution in [0.3, 0.4) is 0 Å². The largest absolute Gasteiger partial charge is 0.317 e. The highest BCUT2D eigenvalue weighted by atomic mass is 14.9. The molecule has 0 saturated carbocycles. The van der Waals surface area contributed by atoms with Gasteiger partial charge in [0.25, 0.3) is 0 Å². The summed E-state index contributed by atoms with van der Waals surface area (Å²) in [6, 6.07) is 0. The molecule has 1 heterocycles. The van der Waals surface area contributed by atoms with Crippen molar-refractivity contribution in [3.63, 3.8) is 0 Å². The van der Waals surface area contributed by atoms with Gasteiger partial charge in [-0.1, -0.05) is 6.92 Å². The summed E-state index contributed by atoms with van der Waals surface area (Å²) in [7, 11) is 0. The van der Waals surface area contributed by atoms with Crippen LogP contribution in [0.1, 0.15) is 19.8 Å². The fourth-order valence-corrected chi connectivity index (χ4v) is 0.879. The molecule has 1 aliphatic heterocycles. The molecule has 0 atom stereocenters. The Hall–Kier alpha value is -0.0400. The molecule has 1 fully saturated rings. The Morgan fingerprint density at radius 1 is 1.57 bits per heavy atom. The van der Waals surface area contributed by atoms with E-state index in [1.807, 2.05) is 0 Å². The van der Waals surface area contributed by atoms with Crippen molar-refractivity contribution in [1.29, 1.82) is 0 Å². The summed E-state index contributed by atoms with van der Waals surface area (Å²) in [5, 5.41) is 1.65. The predicted octanol–water partition coefficient (Wildman–Crippen LogP) is 1.01. The van der Waals surface area contributed by atoms with Crippen LogP contribution in [0.5, 0.6) is 0 Å². The van der Waals surface area contributed by atoms with Gasteiger partial charge in [0.1, 0.15) is 1.41 Å². The maximum atomic E-state index is 7.20. The Balaban J connectivity index is 2.19. The molecular weight excluding hydrogens is 86.1 g/mol. The van der Waals surface area contributed by atoms with Crippen LogP contribution in [0.15, 0.2) is 0 Å². The molecule has 1 nitrogen and oxygen atoms in total. The van der Waals surface area contributed by atoms with Crippen molar-refractivity contribution >= 4 is 0 Å². The van der Waals surface area contributed by atoms with E-state index >= 15 is 0 Å². The molecule has 0 bridgehead atoms. The summed E-state index contributed by atoms with van der Waals surface area (Å²) in [4.78, 5) is 0. The van der Waals surface area contributed by atoms with E-state index in [-0.39, 0.29) is 0 Å². The highest BCUT2D eigenvalue weighted by Crippen LogP contribution is 2.08. The van der Waals surface area contributed by atoms with Crippen LogP contribution in [0.2, 0.25) is 1.41 Å². The van der Waals surface area contributed by atoms with Crippen LogP contribution in [0.25, 0.3) is 0 Å². The summed E-state index contributed by atoms with van der Waals surface area (Å²) in [5.74, 6) is 0.858. The fourth-order valence-electron chi connectivity index (χ4n) is 0.879. The molecular formula is C6H13N. The average Bonchev–Trinajstić information content (AvgIpc) is 1.77. The van der Waals surface area contributed by atoms with Crippen molar-refractivity contribution in [3.05, 3.63) is 0 Å². The molecule has 1 N–H and O–H groups in total. The van der Waals surface area contributed by atoms with Crippen molar-refractivity contribution in [2.45, 2.75) is 19.8 Å². The van der Waals surface area contributed by atoms with Gasteiger partial charge in [-0.15, -0.1) is 0 Å². The number of hydrogen-bond acceptors (Lipinski definition) is 1. The van der Waals surface area contributed by atoms with Crippen molar-refractivity contribution in [2.24, 2.45) is 5.92 Å². The second kappa shape index (κ2) is 2.31. The third-order valence-electron chi connectivity index (χ3n) is 1.56. The number of rotatable bonds is 0. The molecule has 0 spiro atoms. The molecule has 1 rings (SSSR count). The van der Waals surface area contributed by atoms with Crippen LogP contribution in [-0.4, -0.2) is 13.1 Å². The van der Waals surface area contributed by atoms with E-state index in [0.29, 0.717) is 0 Å². The van der Waals surface area contributed by atoms with Gasteiger partial charge < -0.3 is 5.31 Å². The Morgan fingerprint density at radius 2 is 2.14 bits per heavy atom. The molecule has 0 amide bonds. The monoisotopic (exact) mass is 101 g/mol. The second-order valence-corrected chi connectivity index (χ2v) is 2.35. The quantitative estimate of drug-likeness (QED) is 0.480. The van der Waals surface area contributed by atoms with Crippen LogP contribution >= 0.6 is 0 Å². The first-order chi connectivity index (χ1) is 3.79. The van der Waals surface area contributed by atoms with Gasteiger partial charge in [-0.25, -0.2) is 0 Å². The van der Waals surface area contributed by atoms with E-state index in [2.05, 4.69) is 6.92 Å². The van der Waals surface area contributed by atoms with Crippen molar-refractivity contribution in [2.75, 3.05) is 13.1 Å². The van der Waals surface area contributed by atoms with Gasteiger partial charge in [0.2, 0.25) is 0 Å². The van der Waals surface area contributed by atoms with Gasteiger partial charge in [-0.3, -0.25) is 0 Å². The number of hydrogen-bond donors (Lipinski definition) is 1. The lowest BCUT2D eigenvalue weighted by molar-refractivity contribution is 0.402. The van der Waals surface area contributed by atoms with Crippen molar-refractivity contribution in [3.8, 4) is 0 Å². The normalized spacial score (nSPS) is 30.1. The van der Waals surface area contributed by atoms with Crippen LogP contribution in [-0.2, 0) is 0 Å². The molecule has 0 aromatic rings. The predicted molar refractivity (Wildman–Crippen MR) is 31.3 cm³/mol. The molecule has 1 saturated heterocycles. The summed E-state index contributed by atoms with van der Waals surface area (Å²) >= 11 is 0. The zero-order chi connectivity index (χ0) is 5.98. The van der Waals surface area contributed by atoms with E-state index in [4.69, 9.17) is 1.41 Å². The highest BCUT2D eigenvalue weighted by Gasteiger charge is 2.04. The van der Waals surface area contributed by atoms with Gasteiger partial charge in [-0.2, -0.15) is 0 Å². The maximum Gasteiger partial charge on any atom is 0.122 e. The van der Waals surface area contributed by atoms with Crippen LogP contribution < -0.4 is 5.31 Å². The first-order valence-corrected chi connectivity index (χ1v) is 3.03. The number of piperidine rings is 1. The molecule has 0 radical (unpaired) electrons. The summed E-state index contributed by atoms with van der Waals surface area (Å²) in [6.07, 6.45) is 2.42. The molecule has 42 valence electrons. The number of nitrogens with one attached hydrogen (secondary N) is 1. The minimum absolute atomic E-state index is 0.858. The maximum absolute atomic E-state index is 7.20. The van der Waals surface area contributed by atoms with Gasteiger partial charge in [0.15, 0.2) is 0 Å². The van der Waals surface area contributed by atoms with Gasteiger partial charge in [-0.05, 0) is 31.8 Å². The smallest absolute Gasteiger partial charge is 0.122 e. The highest BCUT2D eigenvalue weighted by molar-refractivity contribution is 4.62. The van der Waals surface area contributed by atoms with Crippen molar-refractivity contribution in [1.82, 2.24) is 5.31 Å². The minimum Gasteiger partial charge on any atom is -0.317 e. The Labute approximate surface area is 46.6 Å². The summed E-state index contributed by atoms with van der Waals surface area (Å²) < 4.78 is 7.20. The van der Waals surface area contributed by atoms with Gasteiger partial charge >= 0.3 is 0 Å². The zero-order valence-electron chi connectivity index (χ0n) is 5.85. The van der Waals surface area contributed by atoms with E-state index in [0.717, 1.165) is 19.0 Å². The Bertz CT molecular complexity index is 56.9. The first kappa shape index (κ1) is 3.90. The third kappa shape index (κ3) is 1.48. The van der Waals surface area contributed by atoms with E-state index in [1.165, 1.54) is 12.8 Å².